The molecule has 4 fully saturated rings. The summed E-state index contributed by atoms with van der Waals surface area (Å²) in [6.07, 6.45) is 4.50. The standard InChI is InChI=1S/C22H26O7S/c1-13-3-4-18(20(23)28-5-6-30(25,26)27)19(7-13)29-21(24)22-10-15-8-16(11-22)14(2)17(9-15)12-22/h3-4,7,15-17H,2,5-6,8-12H2,1H3,(H,25,26,27). The summed E-state index contributed by atoms with van der Waals surface area (Å²) in [6, 6.07) is 4.79. The number of esters is 2. The van der Waals surface area contributed by atoms with Gasteiger partial charge in [-0.1, -0.05) is 18.2 Å². The molecule has 0 radical (unpaired) electrons. The molecule has 0 aliphatic heterocycles. The second-order valence-corrected chi connectivity index (χ2v) is 10.6. The summed E-state index contributed by atoms with van der Waals surface area (Å²) in [7, 11) is -4.24. The summed E-state index contributed by atoms with van der Waals surface area (Å²) in [5.74, 6) is -0.448. The lowest BCUT2D eigenvalue weighted by Gasteiger charge is -2.56. The predicted molar refractivity (Wildman–Crippen MR) is 109 cm³/mol. The Morgan fingerprint density at radius 2 is 1.87 bits per heavy atom. The number of rotatable bonds is 6. The zero-order valence-electron chi connectivity index (χ0n) is 16.9. The van der Waals surface area contributed by atoms with Crippen molar-refractivity contribution in [2.24, 2.45) is 23.2 Å². The van der Waals surface area contributed by atoms with Crippen molar-refractivity contribution in [2.45, 2.75) is 39.0 Å². The minimum absolute atomic E-state index is 0.0541. The van der Waals surface area contributed by atoms with Crippen LogP contribution in [0.15, 0.2) is 30.4 Å². The fourth-order valence-corrected chi connectivity index (χ4v) is 5.83. The maximum atomic E-state index is 13.3. The Labute approximate surface area is 176 Å². The maximum Gasteiger partial charge on any atom is 0.341 e. The molecular formula is C22H26O7S. The molecule has 8 heteroatoms. The van der Waals surface area contributed by atoms with Crippen LogP contribution in [-0.2, 0) is 19.6 Å². The van der Waals surface area contributed by atoms with Crippen molar-refractivity contribution in [1.29, 1.82) is 0 Å². The topological polar surface area (TPSA) is 107 Å². The van der Waals surface area contributed by atoms with Gasteiger partial charge < -0.3 is 9.47 Å². The minimum Gasteiger partial charge on any atom is -0.461 e. The highest BCUT2D eigenvalue weighted by Gasteiger charge is 2.57. The lowest BCUT2D eigenvalue weighted by Crippen LogP contribution is -2.52. The molecule has 4 aliphatic carbocycles. The van der Waals surface area contributed by atoms with Crippen LogP contribution < -0.4 is 4.74 Å². The Morgan fingerprint density at radius 1 is 1.20 bits per heavy atom. The molecule has 1 aromatic carbocycles. The molecule has 0 heterocycles. The quantitative estimate of drug-likeness (QED) is 0.317. The van der Waals surface area contributed by atoms with Gasteiger partial charge in [-0.15, -0.1) is 0 Å². The fraction of sp³-hybridized carbons (Fsp3) is 0.545. The predicted octanol–water partition coefficient (Wildman–Crippen LogP) is 3.33. The largest absolute Gasteiger partial charge is 0.461 e. The van der Waals surface area contributed by atoms with Crippen LogP contribution in [0.2, 0.25) is 0 Å². The first-order valence-corrected chi connectivity index (χ1v) is 11.8. The number of carbonyl (C=O) groups is 2. The van der Waals surface area contributed by atoms with Crippen LogP contribution in [0.1, 0.15) is 48.0 Å². The van der Waals surface area contributed by atoms with Crippen LogP contribution in [0.3, 0.4) is 0 Å². The molecule has 30 heavy (non-hydrogen) atoms. The van der Waals surface area contributed by atoms with Gasteiger partial charge in [0.15, 0.2) is 0 Å². The number of ether oxygens (including phenoxy) is 2. The Bertz CT molecular complexity index is 992. The third-order valence-corrected chi connectivity index (χ3v) is 7.49. The van der Waals surface area contributed by atoms with Crippen LogP contribution in [0, 0.1) is 30.1 Å². The van der Waals surface area contributed by atoms with Gasteiger partial charge in [-0.05, 0) is 74.5 Å². The van der Waals surface area contributed by atoms with Crippen LogP contribution in [0.4, 0.5) is 0 Å². The first-order valence-electron chi connectivity index (χ1n) is 10.2. The number of hydrogen-bond donors (Lipinski definition) is 1. The first-order chi connectivity index (χ1) is 14.1. The number of carbonyl (C=O) groups excluding carboxylic acids is 2. The second-order valence-electron chi connectivity index (χ2n) is 9.01. The van der Waals surface area contributed by atoms with E-state index in [0.717, 1.165) is 37.7 Å². The summed E-state index contributed by atoms with van der Waals surface area (Å²) < 4.78 is 41.2. The van der Waals surface area contributed by atoms with Gasteiger partial charge in [0.1, 0.15) is 23.7 Å². The van der Waals surface area contributed by atoms with Crippen LogP contribution in [0.5, 0.6) is 5.75 Å². The molecular weight excluding hydrogens is 408 g/mol. The van der Waals surface area contributed by atoms with Gasteiger partial charge in [0, 0.05) is 0 Å². The van der Waals surface area contributed by atoms with Crippen molar-refractivity contribution < 1.29 is 32.0 Å². The smallest absolute Gasteiger partial charge is 0.341 e. The van der Waals surface area contributed by atoms with Gasteiger partial charge in [0.05, 0.1) is 5.41 Å². The van der Waals surface area contributed by atoms with Gasteiger partial charge in [0.25, 0.3) is 10.1 Å². The van der Waals surface area contributed by atoms with Crippen molar-refractivity contribution in [3.63, 3.8) is 0 Å². The second kappa shape index (κ2) is 7.50. The number of benzene rings is 1. The first kappa shape index (κ1) is 21.1. The summed E-state index contributed by atoms with van der Waals surface area (Å²) in [5.41, 5.74) is 1.60. The molecule has 162 valence electrons. The Balaban J connectivity index is 1.52. The molecule has 1 N–H and O–H groups in total. The third kappa shape index (κ3) is 4.03. The van der Waals surface area contributed by atoms with Gasteiger partial charge in [-0.25, -0.2) is 4.79 Å². The Hall–Kier alpha value is -2.19. The molecule has 2 unspecified atom stereocenters. The molecule has 1 aromatic rings. The van der Waals surface area contributed by atoms with Crippen molar-refractivity contribution in [3.8, 4) is 5.75 Å². The van der Waals surface area contributed by atoms with Crippen LogP contribution >= 0.6 is 0 Å². The van der Waals surface area contributed by atoms with E-state index in [1.165, 1.54) is 11.6 Å². The van der Waals surface area contributed by atoms with Crippen molar-refractivity contribution in [2.75, 3.05) is 12.4 Å². The number of hydrogen-bond acceptors (Lipinski definition) is 6. The van der Waals surface area contributed by atoms with Gasteiger partial charge in [-0.2, -0.15) is 8.42 Å². The van der Waals surface area contributed by atoms with Gasteiger partial charge >= 0.3 is 11.9 Å². The molecule has 4 bridgehead atoms. The normalized spacial score (nSPS) is 29.7. The molecule has 5 rings (SSSR count). The fourth-order valence-electron chi connectivity index (χ4n) is 5.54. The van der Waals surface area contributed by atoms with E-state index in [0.29, 0.717) is 17.8 Å². The average molecular weight is 435 g/mol. The average Bonchev–Trinajstić information content (AvgIpc) is 2.64. The van der Waals surface area contributed by atoms with Crippen molar-refractivity contribution in [1.82, 2.24) is 0 Å². The van der Waals surface area contributed by atoms with E-state index in [-0.39, 0.29) is 17.3 Å². The molecule has 2 atom stereocenters. The zero-order valence-corrected chi connectivity index (χ0v) is 17.7. The summed E-state index contributed by atoms with van der Waals surface area (Å²) >= 11 is 0. The third-order valence-electron chi connectivity index (χ3n) is 6.81. The van der Waals surface area contributed by atoms with Gasteiger partial charge in [0.2, 0.25) is 0 Å². The molecule has 0 amide bonds. The molecule has 4 saturated carbocycles. The van der Waals surface area contributed by atoms with Crippen LogP contribution in [0.25, 0.3) is 0 Å². The molecule has 0 spiro atoms. The van der Waals surface area contributed by atoms with E-state index in [9.17, 15) is 18.0 Å². The van der Waals surface area contributed by atoms with E-state index in [2.05, 4.69) is 6.58 Å². The molecule has 0 saturated heterocycles. The highest BCUT2D eigenvalue weighted by atomic mass is 32.2. The van der Waals surface area contributed by atoms with E-state index >= 15 is 0 Å². The monoisotopic (exact) mass is 434 g/mol. The van der Waals surface area contributed by atoms with Gasteiger partial charge in [-0.3, -0.25) is 9.35 Å². The van der Waals surface area contributed by atoms with Crippen molar-refractivity contribution in [3.05, 3.63) is 41.5 Å². The minimum atomic E-state index is -4.24. The van der Waals surface area contributed by atoms with E-state index in [1.54, 1.807) is 12.1 Å². The summed E-state index contributed by atoms with van der Waals surface area (Å²) in [4.78, 5) is 25.7. The Morgan fingerprint density at radius 3 is 2.50 bits per heavy atom. The Kier molecular flexibility index (Phi) is 5.26. The maximum absolute atomic E-state index is 13.3. The highest BCUT2D eigenvalue weighted by Crippen LogP contribution is 2.62. The molecule has 4 aliphatic rings. The highest BCUT2D eigenvalue weighted by molar-refractivity contribution is 7.85. The SMILES string of the molecule is C=C1C2CC3CC1CC(C(=O)Oc1cc(C)ccc1C(=O)OCCS(=O)(=O)O)(C3)C2. The number of aryl methyl sites for hydroxylation is 1. The lowest BCUT2D eigenvalue weighted by molar-refractivity contribution is -0.157. The molecule has 7 nitrogen and oxygen atoms in total. The van der Waals surface area contributed by atoms with Crippen LogP contribution in [-0.4, -0.2) is 37.3 Å². The van der Waals surface area contributed by atoms with Crippen molar-refractivity contribution >= 4 is 22.1 Å². The van der Waals surface area contributed by atoms with E-state index in [1.807, 2.05) is 6.92 Å². The summed E-state index contributed by atoms with van der Waals surface area (Å²) in [6.45, 7) is 5.58. The number of allylic oxidation sites excluding steroid dienone is 1. The van der Waals surface area contributed by atoms with E-state index < -0.39 is 33.9 Å². The molecule has 0 aromatic heterocycles. The summed E-state index contributed by atoms with van der Waals surface area (Å²) in [5, 5.41) is 0. The zero-order chi connectivity index (χ0) is 21.7. The van der Waals surface area contributed by atoms with E-state index in [4.69, 9.17) is 14.0 Å². The lowest BCUT2D eigenvalue weighted by atomic mass is 9.48.